The number of aliphatic hydroxyl groups excluding tert-OH is 1. The summed E-state index contributed by atoms with van der Waals surface area (Å²) in [6.07, 6.45) is 0.216. The van der Waals surface area contributed by atoms with Gasteiger partial charge in [-0.15, -0.1) is 0 Å². The number of oxime groups is 1. The van der Waals surface area contributed by atoms with Gasteiger partial charge in [0.1, 0.15) is 0 Å². The summed E-state index contributed by atoms with van der Waals surface area (Å²) in [5.41, 5.74) is 2.18. The van der Waals surface area contributed by atoms with E-state index >= 15 is 0 Å². The third kappa shape index (κ3) is 2.26. The van der Waals surface area contributed by atoms with Gasteiger partial charge in [-0.2, -0.15) is 0 Å². The largest absolute Gasteiger partial charge is 0.392 e. The first kappa shape index (κ1) is 11.5. The molecule has 6 heteroatoms. The van der Waals surface area contributed by atoms with Gasteiger partial charge >= 0.3 is 0 Å². The quantitative estimate of drug-likeness (QED) is 0.634. The second-order valence-electron chi connectivity index (χ2n) is 3.91. The summed E-state index contributed by atoms with van der Waals surface area (Å²) in [7, 11) is 0. The molecule has 0 saturated heterocycles. The highest BCUT2D eigenvalue weighted by Gasteiger charge is 2.22. The molecular weight excluding hydrogens is 224 g/mol. The molecule has 1 atom stereocenters. The van der Waals surface area contributed by atoms with Crippen LogP contribution in [0.5, 0.6) is 0 Å². The summed E-state index contributed by atoms with van der Waals surface area (Å²) < 4.78 is 0. The van der Waals surface area contributed by atoms with E-state index in [0.717, 1.165) is 5.56 Å². The number of nitro benzene ring substituents is 1. The number of aliphatic hydroxyl groups is 1. The topological polar surface area (TPSA) is 85.0 Å². The van der Waals surface area contributed by atoms with Gasteiger partial charge in [0.2, 0.25) is 0 Å². The number of hydrogen-bond donors (Lipinski definition) is 1. The zero-order chi connectivity index (χ0) is 12.4. The molecule has 0 bridgehead atoms. The maximum absolute atomic E-state index is 10.7. The minimum absolute atomic E-state index is 0.0844. The third-order valence-corrected chi connectivity index (χ3v) is 2.66. The Labute approximate surface area is 97.7 Å². The Kier molecular flexibility index (Phi) is 3.06. The fraction of sp³-hybridized carbons (Fsp3) is 0.364. The van der Waals surface area contributed by atoms with Gasteiger partial charge in [-0.25, -0.2) is 0 Å². The van der Waals surface area contributed by atoms with E-state index in [1.165, 1.54) is 6.07 Å². The number of nitro groups is 1. The van der Waals surface area contributed by atoms with Crippen LogP contribution < -0.4 is 0 Å². The Bertz CT molecular complexity index is 484. The zero-order valence-electron chi connectivity index (χ0n) is 9.29. The van der Waals surface area contributed by atoms with Crippen molar-refractivity contribution in [1.29, 1.82) is 0 Å². The van der Waals surface area contributed by atoms with E-state index in [1.54, 1.807) is 19.1 Å². The minimum Gasteiger partial charge on any atom is -0.392 e. The average Bonchev–Trinajstić information content (AvgIpc) is 2.76. The maximum Gasteiger partial charge on any atom is 0.272 e. The van der Waals surface area contributed by atoms with Crippen molar-refractivity contribution in [2.75, 3.05) is 6.61 Å². The highest BCUT2D eigenvalue weighted by molar-refractivity contribution is 6.01. The maximum atomic E-state index is 10.7. The van der Waals surface area contributed by atoms with Crippen molar-refractivity contribution in [2.45, 2.75) is 19.4 Å². The first-order valence-electron chi connectivity index (χ1n) is 5.20. The zero-order valence-corrected chi connectivity index (χ0v) is 9.29. The molecule has 1 unspecified atom stereocenters. The van der Waals surface area contributed by atoms with Crippen molar-refractivity contribution >= 4 is 11.4 Å². The summed E-state index contributed by atoms with van der Waals surface area (Å²) >= 11 is 0. The molecule has 1 aliphatic heterocycles. The smallest absolute Gasteiger partial charge is 0.272 e. The van der Waals surface area contributed by atoms with E-state index in [4.69, 9.17) is 9.94 Å². The first-order chi connectivity index (χ1) is 8.11. The molecule has 6 nitrogen and oxygen atoms in total. The molecule has 0 aliphatic carbocycles. The Morgan fingerprint density at radius 1 is 1.65 bits per heavy atom. The van der Waals surface area contributed by atoms with E-state index in [2.05, 4.69) is 5.16 Å². The van der Waals surface area contributed by atoms with Gasteiger partial charge in [-0.05, 0) is 19.1 Å². The van der Waals surface area contributed by atoms with Crippen molar-refractivity contribution in [3.63, 3.8) is 0 Å². The summed E-state index contributed by atoms with van der Waals surface area (Å²) in [6.45, 7) is 1.60. The second kappa shape index (κ2) is 4.50. The van der Waals surface area contributed by atoms with E-state index in [9.17, 15) is 10.1 Å². The predicted octanol–water partition coefficient (Wildman–Crippen LogP) is 1.39. The van der Waals surface area contributed by atoms with Gasteiger partial charge in [-0.1, -0.05) is 5.16 Å². The molecule has 1 heterocycles. The molecule has 0 spiro atoms. The standard InChI is InChI=1S/C11H12N2O4/c1-7-4-8(2-3-11(7)13(15)16)10-5-9(6-14)17-12-10/h2-4,9,14H,5-6H2,1H3. The van der Waals surface area contributed by atoms with Crippen LogP contribution in [0.25, 0.3) is 0 Å². The molecule has 0 aromatic heterocycles. The lowest BCUT2D eigenvalue weighted by atomic mass is 10.0. The van der Waals surface area contributed by atoms with Crippen molar-refractivity contribution in [1.82, 2.24) is 0 Å². The van der Waals surface area contributed by atoms with Crippen molar-refractivity contribution in [3.05, 3.63) is 39.4 Å². The fourth-order valence-electron chi connectivity index (χ4n) is 1.74. The summed E-state index contributed by atoms with van der Waals surface area (Å²) in [6, 6.07) is 4.81. The van der Waals surface area contributed by atoms with Gasteiger partial charge < -0.3 is 9.94 Å². The van der Waals surface area contributed by atoms with Crippen molar-refractivity contribution in [3.8, 4) is 0 Å². The predicted molar refractivity (Wildman–Crippen MR) is 60.9 cm³/mol. The van der Waals surface area contributed by atoms with Crippen LogP contribution in [0.3, 0.4) is 0 Å². The van der Waals surface area contributed by atoms with Crippen LogP contribution in [0.4, 0.5) is 5.69 Å². The van der Waals surface area contributed by atoms with Crippen molar-refractivity contribution < 1.29 is 14.9 Å². The summed E-state index contributed by atoms with van der Waals surface area (Å²) in [4.78, 5) is 15.2. The molecule has 1 aromatic rings. The lowest BCUT2D eigenvalue weighted by Gasteiger charge is -2.03. The molecule has 90 valence electrons. The van der Waals surface area contributed by atoms with Crippen LogP contribution >= 0.6 is 0 Å². The van der Waals surface area contributed by atoms with Gasteiger partial charge in [0.05, 0.1) is 17.2 Å². The van der Waals surface area contributed by atoms with E-state index in [1.807, 2.05) is 0 Å². The summed E-state index contributed by atoms with van der Waals surface area (Å²) in [5.74, 6) is 0. The van der Waals surface area contributed by atoms with Gasteiger partial charge in [0.15, 0.2) is 6.10 Å². The Morgan fingerprint density at radius 2 is 2.41 bits per heavy atom. The van der Waals surface area contributed by atoms with E-state index in [0.29, 0.717) is 17.7 Å². The Hall–Kier alpha value is -1.95. The number of aryl methyl sites for hydroxylation is 1. The molecule has 0 radical (unpaired) electrons. The lowest BCUT2D eigenvalue weighted by Crippen LogP contribution is -2.12. The molecule has 0 saturated carbocycles. The van der Waals surface area contributed by atoms with Crippen LogP contribution in [0.1, 0.15) is 17.5 Å². The SMILES string of the molecule is Cc1cc(C2=NOC(CO)C2)ccc1[N+](=O)[O-]. The molecule has 0 fully saturated rings. The van der Waals surface area contributed by atoms with Crippen LogP contribution in [0.2, 0.25) is 0 Å². The first-order valence-corrected chi connectivity index (χ1v) is 5.20. The van der Waals surface area contributed by atoms with E-state index < -0.39 is 4.92 Å². The minimum atomic E-state index is -0.414. The molecule has 0 amide bonds. The van der Waals surface area contributed by atoms with Gasteiger partial charge in [0, 0.05) is 23.6 Å². The molecule has 1 aliphatic rings. The number of rotatable bonds is 3. The lowest BCUT2D eigenvalue weighted by molar-refractivity contribution is -0.385. The van der Waals surface area contributed by atoms with E-state index in [-0.39, 0.29) is 18.4 Å². The van der Waals surface area contributed by atoms with Crippen LogP contribution in [0.15, 0.2) is 23.4 Å². The van der Waals surface area contributed by atoms with Crippen LogP contribution in [-0.4, -0.2) is 28.5 Å². The Morgan fingerprint density at radius 3 is 2.94 bits per heavy atom. The van der Waals surface area contributed by atoms with Gasteiger partial charge in [-0.3, -0.25) is 10.1 Å². The van der Waals surface area contributed by atoms with Crippen LogP contribution in [-0.2, 0) is 4.84 Å². The molecule has 1 N–H and O–H groups in total. The molecule has 17 heavy (non-hydrogen) atoms. The van der Waals surface area contributed by atoms with Gasteiger partial charge in [0.25, 0.3) is 5.69 Å². The molecule has 2 rings (SSSR count). The highest BCUT2D eigenvalue weighted by Crippen LogP contribution is 2.22. The Balaban J connectivity index is 2.24. The van der Waals surface area contributed by atoms with Crippen LogP contribution in [0, 0.1) is 17.0 Å². The monoisotopic (exact) mass is 236 g/mol. The third-order valence-electron chi connectivity index (χ3n) is 2.66. The molecule has 1 aromatic carbocycles. The number of nitrogens with zero attached hydrogens (tertiary/aromatic N) is 2. The normalized spacial score (nSPS) is 18.7. The second-order valence-corrected chi connectivity index (χ2v) is 3.91. The molecular formula is C11H12N2O4. The highest BCUT2D eigenvalue weighted by atomic mass is 16.6. The summed E-state index contributed by atoms with van der Waals surface area (Å²) in [5, 5.41) is 23.4. The number of benzene rings is 1. The average molecular weight is 236 g/mol. The van der Waals surface area contributed by atoms with Crippen molar-refractivity contribution in [2.24, 2.45) is 5.16 Å². The number of hydrogen-bond acceptors (Lipinski definition) is 5. The fourth-order valence-corrected chi connectivity index (χ4v) is 1.74.